The Morgan fingerprint density at radius 1 is 1.16 bits per heavy atom. The molecular weight excluding hydrogens is 455 g/mol. The van der Waals surface area contributed by atoms with Gasteiger partial charge in [0.15, 0.2) is 5.65 Å². The van der Waals surface area contributed by atoms with Gasteiger partial charge in [0, 0.05) is 6.20 Å². The number of rotatable bonds is 5. The van der Waals surface area contributed by atoms with Gasteiger partial charge in [-0.2, -0.15) is 5.10 Å². The van der Waals surface area contributed by atoms with E-state index in [0.29, 0.717) is 28.8 Å². The van der Waals surface area contributed by atoms with E-state index in [1.54, 1.807) is 26.8 Å². The topological polar surface area (TPSA) is 69.0 Å². The summed E-state index contributed by atoms with van der Waals surface area (Å²) in [6.07, 6.45) is 2.29. The quantitative estimate of drug-likeness (QED) is 0.414. The van der Waals surface area contributed by atoms with Gasteiger partial charge in [0.2, 0.25) is 0 Å². The fourth-order valence-electron chi connectivity index (χ4n) is 2.93. The first-order valence-corrected chi connectivity index (χ1v) is 11.2. The molecule has 32 heavy (non-hydrogen) atoms. The van der Waals surface area contributed by atoms with Crippen LogP contribution in [0.15, 0.2) is 48.0 Å². The minimum atomic E-state index is -9.80. The second kappa shape index (κ2) is 6.92. The Labute approximate surface area is 180 Å². The van der Waals surface area contributed by atoms with Crippen molar-refractivity contribution >= 4 is 33.4 Å². The number of pyridine rings is 1. The Morgan fingerprint density at radius 3 is 2.31 bits per heavy atom. The van der Waals surface area contributed by atoms with Gasteiger partial charge in [0.1, 0.15) is 10.5 Å². The monoisotopic (exact) mass is 476 g/mol. The van der Waals surface area contributed by atoms with Crippen molar-refractivity contribution in [2.45, 2.75) is 37.8 Å². The molecule has 12 heteroatoms. The summed E-state index contributed by atoms with van der Waals surface area (Å²) in [6.45, 7) is 8.75. The van der Waals surface area contributed by atoms with Gasteiger partial charge in [0.25, 0.3) is 0 Å². The van der Waals surface area contributed by atoms with Crippen LogP contribution in [-0.4, -0.2) is 26.5 Å². The molecule has 2 aromatic heterocycles. The van der Waals surface area contributed by atoms with Crippen LogP contribution in [0.2, 0.25) is 0 Å². The molecule has 1 amide bonds. The number of benzene rings is 1. The molecule has 1 aromatic carbocycles. The number of nitrogens with one attached hydrogen (secondary N) is 1. The molecule has 3 aromatic rings. The molecule has 3 rings (SSSR count). The van der Waals surface area contributed by atoms with E-state index < -0.39 is 26.8 Å². The molecule has 0 saturated heterocycles. The number of hydrogen-bond donors (Lipinski definition) is 1. The van der Waals surface area contributed by atoms with Gasteiger partial charge in [0.05, 0.1) is 23.3 Å². The lowest BCUT2D eigenvalue weighted by Gasteiger charge is -2.40. The maximum atomic E-state index is 13.0. The largest absolute Gasteiger partial charge is 0.444 e. The zero-order chi connectivity index (χ0) is 24.0. The number of hydrogen-bond acceptors (Lipinski definition) is 4. The van der Waals surface area contributed by atoms with E-state index in [2.05, 4.69) is 22.0 Å². The molecule has 1 N–H and O–H groups in total. The lowest BCUT2D eigenvalue weighted by molar-refractivity contribution is 0.0523. The number of nitrogens with zero attached hydrogens (tertiary/aromatic N) is 3. The van der Waals surface area contributed by atoms with Crippen LogP contribution in [0.4, 0.5) is 24.2 Å². The van der Waals surface area contributed by atoms with Crippen molar-refractivity contribution < 1.29 is 29.0 Å². The number of carbonyl (C=O) groups is 1. The van der Waals surface area contributed by atoms with E-state index in [0.717, 1.165) is 12.1 Å². The Bertz CT molecular complexity index is 1200. The third-order valence-electron chi connectivity index (χ3n) is 4.22. The van der Waals surface area contributed by atoms with Gasteiger partial charge in [-0.25, -0.2) is 14.5 Å². The maximum absolute atomic E-state index is 13.0. The van der Waals surface area contributed by atoms with E-state index in [4.69, 9.17) is 4.74 Å². The van der Waals surface area contributed by atoms with E-state index in [1.165, 1.54) is 17.0 Å². The fraction of sp³-hybridized carbons (Fsp3) is 0.250. The smallest absolute Gasteiger partial charge is 0.407 e. The molecule has 0 aliphatic rings. The highest BCUT2D eigenvalue weighted by atomic mass is 32.5. The van der Waals surface area contributed by atoms with E-state index in [9.17, 15) is 24.2 Å². The first kappa shape index (κ1) is 23.5. The fourth-order valence-corrected chi connectivity index (χ4v) is 3.58. The molecule has 0 aliphatic heterocycles. The van der Waals surface area contributed by atoms with Crippen LogP contribution in [-0.2, 0) is 11.3 Å². The molecule has 0 unspecified atom stereocenters. The molecule has 0 fully saturated rings. The van der Waals surface area contributed by atoms with Gasteiger partial charge in [-0.05, 0) is 56.7 Å². The van der Waals surface area contributed by atoms with E-state index in [-0.39, 0.29) is 17.9 Å². The van der Waals surface area contributed by atoms with Crippen LogP contribution in [0.5, 0.6) is 0 Å². The Hall–Kier alpha value is -3.15. The molecule has 2 heterocycles. The zero-order valence-corrected chi connectivity index (χ0v) is 18.2. The number of amides is 1. The Morgan fingerprint density at radius 2 is 1.78 bits per heavy atom. The summed E-state index contributed by atoms with van der Waals surface area (Å²) < 4.78 is 71.6. The normalized spacial score (nSPS) is 14.5. The van der Waals surface area contributed by atoms with Crippen LogP contribution >= 0.6 is 10.2 Å². The summed E-state index contributed by atoms with van der Waals surface area (Å²) in [5, 5.41) is 7.40. The van der Waals surface area contributed by atoms with Crippen molar-refractivity contribution in [2.75, 3.05) is 0 Å². The summed E-state index contributed by atoms with van der Waals surface area (Å²) in [7, 11) is -9.80. The Balaban J connectivity index is 2.04. The van der Waals surface area contributed by atoms with Crippen LogP contribution in [0.1, 0.15) is 32.0 Å². The molecular formula is C20H21F5N4O2S. The summed E-state index contributed by atoms with van der Waals surface area (Å²) in [5.74, 6) is 0. The van der Waals surface area contributed by atoms with Gasteiger partial charge in [-0.1, -0.05) is 32.1 Å². The highest BCUT2D eigenvalue weighted by molar-refractivity contribution is 8.45. The summed E-state index contributed by atoms with van der Waals surface area (Å²) in [4.78, 5) is 14.2. The summed E-state index contributed by atoms with van der Waals surface area (Å²) >= 11 is 0. The number of fused-ring (bicyclic) bond motifs is 1. The number of alkyl carbamates (subject to hydrolysis) is 1. The van der Waals surface area contributed by atoms with Crippen molar-refractivity contribution in [3.63, 3.8) is 0 Å². The number of carbonyl (C=O) groups excluding carboxylic acids is 1. The highest BCUT2D eigenvalue weighted by Crippen LogP contribution is 3.02. The minimum absolute atomic E-state index is 0.0749. The standard InChI is InChI=1S/C20H21F5N4O2S/c1-5-13-10-11-26-18-17(13)16(12-27-19(30)31-20(2,3)4)28-29(18)14-6-8-15(9-7-14)32(21,22,23,24)25/h5-11H,1,12H2,2-4H3,(H,27,30). The van der Waals surface area contributed by atoms with Crippen LogP contribution in [0.25, 0.3) is 22.8 Å². The lowest BCUT2D eigenvalue weighted by Crippen LogP contribution is -2.32. The van der Waals surface area contributed by atoms with Gasteiger partial charge < -0.3 is 10.1 Å². The first-order valence-electron chi connectivity index (χ1n) is 9.29. The van der Waals surface area contributed by atoms with Crippen molar-refractivity contribution in [3.8, 4) is 5.69 Å². The third-order valence-corrected chi connectivity index (χ3v) is 5.38. The third kappa shape index (κ3) is 5.18. The average molecular weight is 476 g/mol. The average Bonchev–Trinajstić information content (AvgIpc) is 3.02. The highest BCUT2D eigenvalue weighted by Gasteiger charge is 2.65. The van der Waals surface area contributed by atoms with Crippen molar-refractivity contribution in [2.24, 2.45) is 0 Å². The van der Waals surface area contributed by atoms with Crippen molar-refractivity contribution in [1.29, 1.82) is 0 Å². The molecule has 0 bridgehead atoms. The van der Waals surface area contributed by atoms with Crippen LogP contribution < -0.4 is 5.32 Å². The van der Waals surface area contributed by atoms with Crippen LogP contribution in [0, 0.1) is 0 Å². The molecule has 174 valence electrons. The SMILES string of the molecule is C=Cc1ccnc2c1c(CNC(=O)OC(C)(C)C)nn2-c1ccc(S(F)(F)(F)(F)F)cc1. The lowest BCUT2D eigenvalue weighted by atomic mass is 10.1. The van der Waals surface area contributed by atoms with Crippen molar-refractivity contribution in [1.82, 2.24) is 20.1 Å². The van der Waals surface area contributed by atoms with Gasteiger partial charge >= 0.3 is 16.3 Å². The summed E-state index contributed by atoms with van der Waals surface area (Å²) in [6, 6.07) is 4.02. The number of aromatic nitrogens is 3. The molecule has 0 atom stereocenters. The first-order chi connectivity index (χ1) is 14.5. The maximum Gasteiger partial charge on any atom is 0.407 e. The zero-order valence-electron chi connectivity index (χ0n) is 17.4. The number of halogens is 5. The second-order valence-electron chi connectivity index (χ2n) is 7.98. The molecule has 0 spiro atoms. The molecule has 0 saturated carbocycles. The van der Waals surface area contributed by atoms with Crippen molar-refractivity contribution in [3.05, 3.63) is 54.4 Å². The number of ether oxygens (including phenoxy) is 1. The Kier molecular flexibility index (Phi) is 5.09. The van der Waals surface area contributed by atoms with E-state index >= 15 is 0 Å². The predicted octanol–water partition coefficient (Wildman–Crippen LogP) is 6.75. The molecule has 0 aliphatic carbocycles. The minimum Gasteiger partial charge on any atom is -0.444 e. The predicted molar refractivity (Wildman–Crippen MR) is 113 cm³/mol. The summed E-state index contributed by atoms with van der Waals surface area (Å²) in [5.41, 5.74) is 0.571. The van der Waals surface area contributed by atoms with Gasteiger partial charge in [-0.15, -0.1) is 0 Å². The molecule has 0 radical (unpaired) electrons. The van der Waals surface area contributed by atoms with Gasteiger partial charge in [-0.3, -0.25) is 0 Å². The van der Waals surface area contributed by atoms with Crippen LogP contribution in [0.3, 0.4) is 0 Å². The second-order valence-corrected chi connectivity index (χ2v) is 10.4. The van der Waals surface area contributed by atoms with E-state index in [1.807, 2.05) is 0 Å². The molecule has 6 nitrogen and oxygen atoms in total.